The van der Waals surface area contributed by atoms with Crippen LogP contribution in [0.5, 0.6) is 5.75 Å². The van der Waals surface area contributed by atoms with Crippen molar-refractivity contribution in [2.24, 2.45) is 0 Å². The summed E-state index contributed by atoms with van der Waals surface area (Å²) in [6, 6.07) is 6.34. The van der Waals surface area contributed by atoms with E-state index in [1.165, 1.54) is 11.1 Å². The largest absolute Gasteiger partial charge is 0.497 e. The normalized spacial score (nSPS) is 17.0. The second-order valence-corrected chi connectivity index (χ2v) is 6.05. The van der Waals surface area contributed by atoms with Crippen LogP contribution in [-0.4, -0.2) is 36.5 Å². The second kappa shape index (κ2) is 6.94. The fourth-order valence-electron chi connectivity index (χ4n) is 2.79. The van der Waals surface area contributed by atoms with Crippen LogP contribution in [0.25, 0.3) is 0 Å². The highest BCUT2D eigenvalue weighted by molar-refractivity contribution is 5.81. The topological polar surface area (TPSA) is 41.6 Å². The van der Waals surface area contributed by atoms with Crippen molar-refractivity contribution >= 4 is 5.91 Å². The molecule has 21 heavy (non-hydrogen) atoms. The van der Waals surface area contributed by atoms with Crippen LogP contribution in [-0.2, 0) is 17.8 Å². The van der Waals surface area contributed by atoms with Gasteiger partial charge in [-0.2, -0.15) is 0 Å². The van der Waals surface area contributed by atoms with Gasteiger partial charge in [-0.25, -0.2) is 0 Å². The van der Waals surface area contributed by atoms with Crippen molar-refractivity contribution in [3.63, 3.8) is 0 Å². The molecule has 0 spiro atoms. The standard InChI is InChI=1S/C17H26N2O2/c1-12(2)18-17(20)13(3)19-9-5-6-14-10-16(21-4)8-7-15(14)11-19/h7-8,10,12-13H,5-6,9,11H2,1-4H3,(H,18,20)/t13-/m0/s1. The summed E-state index contributed by atoms with van der Waals surface area (Å²) < 4.78 is 5.30. The summed E-state index contributed by atoms with van der Waals surface area (Å²) in [7, 11) is 1.70. The summed E-state index contributed by atoms with van der Waals surface area (Å²) in [5, 5.41) is 3.00. The highest BCUT2D eigenvalue weighted by atomic mass is 16.5. The average molecular weight is 290 g/mol. The van der Waals surface area contributed by atoms with Crippen molar-refractivity contribution in [2.75, 3.05) is 13.7 Å². The van der Waals surface area contributed by atoms with Crippen LogP contribution >= 0.6 is 0 Å². The Morgan fingerprint density at radius 2 is 2.05 bits per heavy atom. The lowest BCUT2D eigenvalue weighted by atomic mass is 10.0. The summed E-state index contributed by atoms with van der Waals surface area (Å²) >= 11 is 0. The number of carbonyl (C=O) groups excluding carboxylic acids is 1. The first-order chi connectivity index (χ1) is 10.0. The van der Waals surface area contributed by atoms with Crippen molar-refractivity contribution < 1.29 is 9.53 Å². The number of ether oxygens (including phenoxy) is 1. The Hall–Kier alpha value is -1.55. The van der Waals surface area contributed by atoms with E-state index in [0.717, 1.165) is 31.7 Å². The van der Waals surface area contributed by atoms with Gasteiger partial charge < -0.3 is 10.1 Å². The van der Waals surface area contributed by atoms with E-state index in [2.05, 4.69) is 22.3 Å². The van der Waals surface area contributed by atoms with E-state index >= 15 is 0 Å². The first-order valence-electron chi connectivity index (χ1n) is 7.71. The third-order valence-electron chi connectivity index (χ3n) is 4.04. The van der Waals surface area contributed by atoms with Crippen LogP contribution in [0, 0.1) is 0 Å². The number of rotatable bonds is 4. The maximum absolute atomic E-state index is 12.2. The molecular weight excluding hydrogens is 264 g/mol. The monoisotopic (exact) mass is 290 g/mol. The van der Waals surface area contributed by atoms with E-state index in [-0.39, 0.29) is 18.0 Å². The van der Waals surface area contributed by atoms with Gasteiger partial charge in [-0.3, -0.25) is 9.69 Å². The van der Waals surface area contributed by atoms with E-state index in [0.29, 0.717) is 0 Å². The predicted molar refractivity (Wildman–Crippen MR) is 84.5 cm³/mol. The molecule has 0 unspecified atom stereocenters. The van der Waals surface area contributed by atoms with E-state index in [9.17, 15) is 4.79 Å². The molecule has 2 rings (SSSR count). The molecule has 116 valence electrons. The zero-order valence-electron chi connectivity index (χ0n) is 13.5. The number of benzene rings is 1. The lowest BCUT2D eigenvalue weighted by molar-refractivity contribution is -0.126. The highest BCUT2D eigenvalue weighted by Crippen LogP contribution is 2.24. The zero-order chi connectivity index (χ0) is 15.4. The first-order valence-corrected chi connectivity index (χ1v) is 7.71. The fraction of sp³-hybridized carbons (Fsp3) is 0.588. The van der Waals surface area contributed by atoms with Crippen LogP contribution in [0.4, 0.5) is 0 Å². The summed E-state index contributed by atoms with van der Waals surface area (Å²) in [6.07, 6.45) is 2.11. The molecule has 0 radical (unpaired) electrons. The number of hydrogen-bond donors (Lipinski definition) is 1. The number of aryl methyl sites for hydroxylation is 1. The molecule has 1 aromatic rings. The van der Waals surface area contributed by atoms with Gasteiger partial charge in [-0.15, -0.1) is 0 Å². The van der Waals surface area contributed by atoms with Gasteiger partial charge >= 0.3 is 0 Å². The van der Waals surface area contributed by atoms with E-state index < -0.39 is 0 Å². The van der Waals surface area contributed by atoms with Gasteiger partial charge in [0.05, 0.1) is 13.2 Å². The van der Waals surface area contributed by atoms with Crippen molar-refractivity contribution in [1.29, 1.82) is 0 Å². The molecule has 1 amide bonds. The van der Waals surface area contributed by atoms with Gasteiger partial charge in [-0.05, 0) is 63.4 Å². The van der Waals surface area contributed by atoms with Gasteiger partial charge in [-0.1, -0.05) is 6.07 Å². The molecule has 4 nitrogen and oxygen atoms in total. The van der Waals surface area contributed by atoms with E-state index in [1.54, 1.807) is 7.11 Å². The molecule has 1 aromatic carbocycles. The van der Waals surface area contributed by atoms with Gasteiger partial charge in [0.15, 0.2) is 0 Å². The lowest BCUT2D eigenvalue weighted by Crippen LogP contribution is -2.46. The molecule has 0 aliphatic carbocycles. The molecule has 1 atom stereocenters. The SMILES string of the molecule is COc1ccc2c(c1)CCCN([C@@H](C)C(=O)NC(C)C)C2. The first kappa shape index (κ1) is 15.8. The van der Waals surface area contributed by atoms with Crippen molar-refractivity contribution in [2.45, 2.75) is 52.2 Å². The number of nitrogens with one attached hydrogen (secondary N) is 1. The van der Waals surface area contributed by atoms with Crippen molar-refractivity contribution in [3.05, 3.63) is 29.3 Å². The second-order valence-electron chi connectivity index (χ2n) is 6.05. The van der Waals surface area contributed by atoms with Gasteiger partial charge in [0.2, 0.25) is 5.91 Å². The third-order valence-corrected chi connectivity index (χ3v) is 4.04. The molecule has 1 N–H and O–H groups in total. The Labute approximate surface area is 127 Å². The molecule has 1 aliphatic heterocycles. The Bertz CT molecular complexity index is 500. The minimum absolute atomic E-state index is 0.0968. The van der Waals surface area contributed by atoms with Crippen molar-refractivity contribution in [1.82, 2.24) is 10.2 Å². The van der Waals surface area contributed by atoms with Crippen LogP contribution < -0.4 is 10.1 Å². The Kier molecular flexibility index (Phi) is 5.23. The molecule has 0 fully saturated rings. The number of methoxy groups -OCH3 is 1. The molecule has 4 heteroatoms. The smallest absolute Gasteiger partial charge is 0.237 e. The number of carbonyl (C=O) groups is 1. The molecular formula is C17H26N2O2. The minimum Gasteiger partial charge on any atom is -0.497 e. The molecule has 1 heterocycles. The number of nitrogens with zero attached hydrogens (tertiary/aromatic N) is 1. The average Bonchev–Trinajstić information content (AvgIpc) is 2.66. The third kappa shape index (κ3) is 3.97. The summed E-state index contributed by atoms with van der Waals surface area (Å²) in [4.78, 5) is 14.5. The molecule has 0 saturated heterocycles. The zero-order valence-corrected chi connectivity index (χ0v) is 13.5. The van der Waals surface area contributed by atoms with E-state index in [4.69, 9.17) is 4.74 Å². The summed E-state index contributed by atoms with van der Waals surface area (Å²) in [6.45, 7) is 7.76. The molecule has 0 aromatic heterocycles. The van der Waals surface area contributed by atoms with Gasteiger partial charge in [0.1, 0.15) is 5.75 Å². The number of fused-ring (bicyclic) bond motifs is 1. The van der Waals surface area contributed by atoms with E-state index in [1.807, 2.05) is 26.8 Å². The van der Waals surface area contributed by atoms with Crippen LogP contribution in [0.3, 0.4) is 0 Å². The van der Waals surface area contributed by atoms with Crippen LogP contribution in [0.2, 0.25) is 0 Å². The molecule has 1 aliphatic rings. The lowest BCUT2D eigenvalue weighted by Gasteiger charge is -2.27. The number of hydrogen-bond acceptors (Lipinski definition) is 3. The van der Waals surface area contributed by atoms with Crippen molar-refractivity contribution in [3.8, 4) is 5.75 Å². The minimum atomic E-state index is -0.0968. The maximum atomic E-state index is 12.2. The Balaban J connectivity index is 2.11. The molecule has 0 bridgehead atoms. The highest BCUT2D eigenvalue weighted by Gasteiger charge is 2.24. The summed E-state index contributed by atoms with van der Waals surface area (Å²) in [5.41, 5.74) is 2.64. The van der Waals surface area contributed by atoms with Gasteiger partial charge in [0, 0.05) is 12.6 Å². The maximum Gasteiger partial charge on any atom is 0.237 e. The Morgan fingerprint density at radius 3 is 2.71 bits per heavy atom. The Morgan fingerprint density at radius 1 is 1.29 bits per heavy atom. The fourth-order valence-corrected chi connectivity index (χ4v) is 2.79. The predicted octanol–water partition coefficient (Wildman–Crippen LogP) is 2.36. The number of amides is 1. The van der Waals surface area contributed by atoms with Crippen LogP contribution in [0.15, 0.2) is 18.2 Å². The quantitative estimate of drug-likeness (QED) is 0.925. The summed E-state index contributed by atoms with van der Waals surface area (Å²) in [5.74, 6) is 1.02. The van der Waals surface area contributed by atoms with Gasteiger partial charge in [0.25, 0.3) is 0 Å². The molecule has 0 saturated carbocycles. The van der Waals surface area contributed by atoms with Crippen LogP contribution in [0.1, 0.15) is 38.3 Å².